The lowest BCUT2D eigenvalue weighted by atomic mass is 9.89. The first-order valence-electron chi connectivity index (χ1n) is 8.24. The highest BCUT2D eigenvalue weighted by atomic mass is 32.2. The lowest BCUT2D eigenvalue weighted by Crippen LogP contribution is -2.60. The van der Waals surface area contributed by atoms with Crippen molar-refractivity contribution in [2.24, 2.45) is 0 Å². The molecule has 8 nitrogen and oxygen atoms in total. The second-order valence-corrected chi connectivity index (χ2v) is 7.55. The van der Waals surface area contributed by atoms with Crippen molar-refractivity contribution in [1.29, 1.82) is 10.5 Å². The van der Waals surface area contributed by atoms with E-state index in [9.17, 15) is 10.5 Å². The van der Waals surface area contributed by atoms with E-state index in [1.54, 1.807) is 24.3 Å². The maximum Gasteiger partial charge on any atom is 0.234 e. The Morgan fingerprint density at radius 3 is 2.92 bits per heavy atom. The number of nitrogens with one attached hydrogen (secondary N) is 1. The summed E-state index contributed by atoms with van der Waals surface area (Å²) in [5, 5.41) is 23.8. The van der Waals surface area contributed by atoms with E-state index in [0.29, 0.717) is 17.8 Å². The SMILES string of the molecule is CCSN1CC(CC#N)(n2cc(-c3nc(C#N)nc4[nH]ccc34)cn2)C1. The van der Waals surface area contributed by atoms with Crippen LogP contribution in [0.3, 0.4) is 0 Å². The molecule has 0 aliphatic carbocycles. The lowest BCUT2D eigenvalue weighted by molar-refractivity contribution is 0.0812. The average molecular weight is 364 g/mol. The maximum absolute atomic E-state index is 9.27. The highest BCUT2D eigenvalue weighted by Crippen LogP contribution is 2.37. The maximum atomic E-state index is 9.27. The minimum atomic E-state index is -0.308. The van der Waals surface area contributed by atoms with Crippen LogP contribution in [0, 0.1) is 22.7 Å². The lowest BCUT2D eigenvalue weighted by Gasteiger charge is -2.48. The largest absolute Gasteiger partial charge is 0.346 e. The predicted octanol–water partition coefficient (Wildman–Crippen LogP) is 2.29. The van der Waals surface area contributed by atoms with Gasteiger partial charge >= 0.3 is 0 Å². The number of H-pyrrole nitrogens is 1. The number of aromatic nitrogens is 5. The molecule has 0 bridgehead atoms. The highest BCUT2D eigenvalue weighted by molar-refractivity contribution is 7.97. The number of nitriles is 2. The van der Waals surface area contributed by atoms with Crippen molar-refractivity contribution < 1.29 is 0 Å². The number of fused-ring (bicyclic) bond motifs is 1. The number of aromatic amines is 1. The Morgan fingerprint density at radius 2 is 2.19 bits per heavy atom. The summed E-state index contributed by atoms with van der Waals surface area (Å²) in [5.41, 5.74) is 1.80. The molecule has 1 aliphatic rings. The molecule has 3 aromatic rings. The highest BCUT2D eigenvalue weighted by Gasteiger charge is 2.45. The Kier molecular flexibility index (Phi) is 4.11. The summed E-state index contributed by atoms with van der Waals surface area (Å²) in [6.45, 7) is 3.69. The summed E-state index contributed by atoms with van der Waals surface area (Å²) in [5.74, 6) is 1.12. The van der Waals surface area contributed by atoms with E-state index >= 15 is 0 Å². The molecule has 9 heteroatoms. The topological polar surface area (TPSA) is 110 Å². The number of hydrogen-bond acceptors (Lipinski definition) is 7. The van der Waals surface area contributed by atoms with E-state index in [-0.39, 0.29) is 11.4 Å². The number of hydrogen-bond donors (Lipinski definition) is 1. The van der Waals surface area contributed by atoms with Gasteiger partial charge in [0.05, 0.1) is 24.4 Å². The molecule has 3 aromatic heterocycles. The zero-order valence-electron chi connectivity index (χ0n) is 14.2. The van der Waals surface area contributed by atoms with Gasteiger partial charge in [-0.25, -0.2) is 14.3 Å². The Bertz CT molecular complexity index is 1030. The molecule has 1 saturated heterocycles. The Morgan fingerprint density at radius 1 is 1.35 bits per heavy atom. The van der Waals surface area contributed by atoms with Crippen LogP contribution < -0.4 is 0 Å². The van der Waals surface area contributed by atoms with Crippen LogP contribution in [0.25, 0.3) is 22.3 Å². The van der Waals surface area contributed by atoms with E-state index in [1.165, 1.54) is 0 Å². The first-order valence-corrected chi connectivity index (χ1v) is 9.19. The molecule has 0 saturated carbocycles. The van der Waals surface area contributed by atoms with Crippen LogP contribution in [-0.4, -0.2) is 47.9 Å². The molecule has 0 atom stereocenters. The summed E-state index contributed by atoms with van der Waals surface area (Å²) in [6.07, 6.45) is 5.84. The van der Waals surface area contributed by atoms with E-state index in [4.69, 9.17) is 0 Å². The first-order chi connectivity index (χ1) is 12.7. The molecule has 26 heavy (non-hydrogen) atoms. The molecule has 1 fully saturated rings. The minimum absolute atomic E-state index is 0.114. The molecular formula is C17H16N8S. The summed E-state index contributed by atoms with van der Waals surface area (Å²) >= 11 is 1.77. The fraction of sp³-hybridized carbons (Fsp3) is 0.353. The molecule has 0 amide bonds. The second kappa shape index (κ2) is 6.45. The van der Waals surface area contributed by atoms with Crippen molar-refractivity contribution in [2.75, 3.05) is 18.8 Å². The van der Waals surface area contributed by atoms with E-state index in [0.717, 1.165) is 29.8 Å². The third-order valence-corrected chi connectivity index (χ3v) is 5.40. The van der Waals surface area contributed by atoms with Crippen molar-refractivity contribution in [3.8, 4) is 23.4 Å². The Labute approximate surface area is 154 Å². The van der Waals surface area contributed by atoms with Crippen LogP contribution in [0.15, 0.2) is 24.7 Å². The van der Waals surface area contributed by atoms with Crippen molar-refractivity contribution in [3.05, 3.63) is 30.5 Å². The fourth-order valence-electron chi connectivity index (χ4n) is 3.28. The summed E-state index contributed by atoms with van der Waals surface area (Å²) in [4.78, 5) is 11.6. The summed E-state index contributed by atoms with van der Waals surface area (Å²) < 4.78 is 4.13. The molecule has 130 valence electrons. The van der Waals surface area contributed by atoms with Gasteiger partial charge in [-0.15, -0.1) is 0 Å². The standard InChI is InChI=1S/C17H16N8S/c1-2-26-24-10-17(11-24,4-5-18)25-9-12(8-21-25)15-13-3-6-20-16(13)23-14(7-19)22-15/h3,6,8-9H,2,4,10-11H2,1H3,(H,20,22,23). The van der Waals surface area contributed by atoms with E-state index < -0.39 is 0 Å². The van der Waals surface area contributed by atoms with Gasteiger partial charge in [-0.3, -0.25) is 4.68 Å². The molecule has 1 N–H and O–H groups in total. The van der Waals surface area contributed by atoms with Gasteiger partial charge in [0.1, 0.15) is 17.3 Å². The molecule has 0 spiro atoms. The van der Waals surface area contributed by atoms with Gasteiger partial charge in [-0.05, 0) is 6.07 Å². The molecule has 0 unspecified atom stereocenters. The van der Waals surface area contributed by atoms with Crippen LogP contribution in [0.5, 0.6) is 0 Å². The Hall–Kier alpha value is -2.88. The quantitative estimate of drug-likeness (QED) is 0.691. The minimum Gasteiger partial charge on any atom is -0.346 e. The van der Waals surface area contributed by atoms with Gasteiger partial charge in [0.15, 0.2) is 0 Å². The third-order valence-electron chi connectivity index (χ3n) is 4.52. The summed E-state index contributed by atoms with van der Waals surface area (Å²) in [6, 6.07) is 6.18. The molecule has 1 aliphatic heterocycles. The molecule has 0 radical (unpaired) electrons. The van der Waals surface area contributed by atoms with Crippen LogP contribution in [-0.2, 0) is 5.54 Å². The molecule has 4 heterocycles. The predicted molar refractivity (Wildman–Crippen MR) is 97.7 cm³/mol. The molecule has 0 aromatic carbocycles. The van der Waals surface area contributed by atoms with E-state index in [2.05, 4.69) is 37.3 Å². The van der Waals surface area contributed by atoms with Gasteiger partial charge in [-0.1, -0.05) is 18.9 Å². The van der Waals surface area contributed by atoms with Crippen molar-refractivity contribution in [1.82, 2.24) is 29.0 Å². The van der Waals surface area contributed by atoms with Gasteiger partial charge in [-0.2, -0.15) is 15.6 Å². The van der Waals surface area contributed by atoms with Gasteiger partial charge in [0.25, 0.3) is 0 Å². The monoisotopic (exact) mass is 364 g/mol. The average Bonchev–Trinajstić information content (AvgIpc) is 3.28. The number of nitrogens with zero attached hydrogens (tertiary/aromatic N) is 7. The second-order valence-electron chi connectivity index (χ2n) is 6.20. The molecule has 4 rings (SSSR count). The van der Waals surface area contributed by atoms with Crippen molar-refractivity contribution in [2.45, 2.75) is 18.9 Å². The van der Waals surface area contributed by atoms with E-state index in [1.807, 2.05) is 23.0 Å². The number of rotatable bonds is 5. The van der Waals surface area contributed by atoms with Crippen LogP contribution >= 0.6 is 11.9 Å². The van der Waals surface area contributed by atoms with Gasteiger partial charge in [0, 0.05) is 42.2 Å². The zero-order valence-corrected chi connectivity index (χ0v) is 15.0. The smallest absolute Gasteiger partial charge is 0.234 e. The third kappa shape index (κ3) is 2.62. The van der Waals surface area contributed by atoms with Gasteiger partial charge < -0.3 is 4.98 Å². The van der Waals surface area contributed by atoms with Crippen LogP contribution in [0.4, 0.5) is 0 Å². The van der Waals surface area contributed by atoms with Crippen molar-refractivity contribution >= 4 is 23.0 Å². The fourth-order valence-corrected chi connectivity index (χ4v) is 4.31. The first kappa shape index (κ1) is 16.6. The van der Waals surface area contributed by atoms with Crippen molar-refractivity contribution in [3.63, 3.8) is 0 Å². The van der Waals surface area contributed by atoms with Crippen LogP contribution in [0.1, 0.15) is 19.2 Å². The molecular weight excluding hydrogens is 348 g/mol. The Balaban J connectivity index is 1.72. The normalized spacial score (nSPS) is 16.1. The summed E-state index contributed by atoms with van der Waals surface area (Å²) in [7, 11) is 0. The van der Waals surface area contributed by atoms with Gasteiger partial charge in [0.2, 0.25) is 5.82 Å². The van der Waals surface area contributed by atoms with Crippen LogP contribution in [0.2, 0.25) is 0 Å². The zero-order chi connectivity index (χ0) is 18.1.